The first-order valence-corrected chi connectivity index (χ1v) is 33.4. The average Bonchev–Trinajstić information content (AvgIpc) is 3.58. The Kier molecular flexibility index (Phi) is 40.5. The zero-order chi connectivity index (χ0) is 57.3. The molecule has 0 saturated heterocycles. The lowest BCUT2D eigenvalue weighted by Crippen LogP contribution is -2.08. The summed E-state index contributed by atoms with van der Waals surface area (Å²) in [5.41, 5.74) is 15.2. The highest BCUT2D eigenvalue weighted by Crippen LogP contribution is 2.35. The van der Waals surface area contributed by atoms with Crippen LogP contribution in [0.15, 0.2) is 60.7 Å². The molecule has 0 radical (unpaired) electrons. The molecule has 456 valence electrons. The first-order chi connectivity index (χ1) is 40.0. The smallest absolute Gasteiger partial charge is 0.331 e. The van der Waals surface area contributed by atoms with Crippen LogP contribution >= 0.6 is 0 Å². The van der Waals surface area contributed by atoms with Crippen molar-refractivity contribution < 1.29 is 28.4 Å². The summed E-state index contributed by atoms with van der Waals surface area (Å²) in [6, 6.07) is 18.5. The molecule has 1 aromatic heterocycles. The lowest BCUT2D eigenvalue weighted by molar-refractivity contribution is 0.125. The van der Waals surface area contributed by atoms with E-state index in [2.05, 4.69) is 47.9 Å². The standard InChI is InChI=1S/C70H115N5O6/c1-4-7-10-13-16-18-20-22-24-26-28-31-37-42-55-77-66-57-60(59-79-68-73-69(80-63-49-45-61(71)46-50-63)75-70(74-68)81-64-51-47-62(72)48-52-64)58-67(78-56-43-38-32-29-27-25-23-21-19-17-14-11-8-5-2)65(66)44-39-34-30-33-36-41-54-76-53-40-35-15-12-9-6-3/h45-52,57-58H,4-44,53-56,59,71-72H2,1-3H3. The van der Waals surface area contributed by atoms with Gasteiger partial charge in [0, 0.05) is 30.2 Å². The molecular weight excluding hydrogens is 1010 g/mol. The number of nitrogen functional groups attached to an aromatic ring is 2. The van der Waals surface area contributed by atoms with E-state index < -0.39 is 0 Å². The predicted molar refractivity (Wildman–Crippen MR) is 340 cm³/mol. The number of hydrogen-bond donors (Lipinski definition) is 2. The van der Waals surface area contributed by atoms with Gasteiger partial charge in [-0.15, -0.1) is 15.0 Å². The van der Waals surface area contributed by atoms with Gasteiger partial charge in [-0.1, -0.05) is 245 Å². The third kappa shape index (κ3) is 35.1. The Hall–Kier alpha value is -4.77. The van der Waals surface area contributed by atoms with Crippen LogP contribution in [-0.4, -0.2) is 41.4 Å². The Balaban J connectivity index is 1.42. The van der Waals surface area contributed by atoms with Crippen molar-refractivity contribution in [3.8, 4) is 41.0 Å². The van der Waals surface area contributed by atoms with Crippen molar-refractivity contribution in [1.29, 1.82) is 0 Å². The largest absolute Gasteiger partial charge is 0.493 e. The lowest BCUT2D eigenvalue weighted by atomic mass is 10.0. The summed E-state index contributed by atoms with van der Waals surface area (Å²) >= 11 is 0. The van der Waals surface area contributed by atoms with E-state index in [1.165, 1.54) is 231 Å². The Labute approximate surface area is 494 Å². The number of hydrogen-bond acceptors (Lipinski definition) is 11. The molecule has 0 fully saturated rings. The van der Waals surface area contributed by atoms with Crippen LogP contribution in [0.25, 0.3) is 0 Å². The van der Waals surface area contributed by atoms with Gasteiger partial charge in [-0.25, -0.2) is 0 Å². The van der Waals surface area contributed by atoms with Gasteiger partial charge in [-0.2, -0.15) is 0 Å². The molecule has 3 aromatic carbocycles. The summed E-state index contributed by atoms with van der Waals surface area (Å²) in [6.45, 7) is 10.2. The number of benzene rings is 3. The van der Waals surface area contributed by atoms with E-state index in [9.17, 15) is 0 Å². The highest BCUT2D eigenvalue weighted by Gasteiger charge is 2.18. The maximum absolute atomic E-state index is 6.82. The number of unbranched alkanes of at least 4 members (excludes halogenated alkanes) is 36. The minimum atomic E-state index is 0.0248. The maximum atomic E-state index is 6.82. The van der Waals surface area contributed by atoms with Gasteiger partial charge in [0.05, 0.1) is 13.2 Å². The summed E-state index contributed by atoms with van der Waals surface area (Å²) in [5.74, 6) is 2.81. The summed E-state index contributed by atoms with van der Waals surface area (Å²) < 4.78 is 38.2. The van der Waals surface area contributed by atoms with Gasteiger partial charge in [0.2, 0.25) is 0 Å². The SMILES string of the molecule is CCCCCCCCCCCCCCCCOc1cc(COc2nc(Oc3ccc(N)cc3)nc(Oc3ccc(N)cc3)n2)cc(OCCCCCCCCCCCCCCCC)c1CCCCCCCCOCCCCCCCC. The van der Waals surface area contributed by atoms with E-state index in [0.29, 0.717) is 36.1 Å². The molecule has 4 rings (SSSR count). The number of nitrogens with zero attached hydrogens (tertiary/aromatic N) is 3. The molecule has 0 aliphatic carbocycles. The van der Waals surface area contributed by atoms with E-state index >= 15 is 0 Å². The van der Waals surface area contributed by atoms with Gasteiger partial charge in [-0.05, 0) is 105 Å². The highest BCUT2D eigenvalue weighted by atomic mass is 16.5. The molecule has 4 N–H and O–H groups in total. The second kappa shape index (κ2) is 47.7. The molecule has 11 heteroatoms. The van der Waals surface area contributed by atoms with Crippen molar-refractivity contribution >= 4 is 11.4 Å². The summed E-state index contributed by atoms with van der Waals surface area (Å²) in [7, 11) is 0. The highest BCUT2D eigenvalue weighted by molar-refractivity contribution is 5.49. The van der Waals surface area contributed by atoms with Gasteiger partial charge in [0.15, 0.2) is 0 Å². The van der Waals surface area contributed by atoms with E-state index in [4.69, 9.17) is 39.9 Å². The summed E-state index contributed by atoms with van der Waals surface area (Å²) in [5, 5.41) is 0. The van der Waals surface area contributed by atoms with E-state index in [1.54, 1.807) is 48.5 Å². The molecule has 0 amide bonds. The van der Waals surface area contributed by atoms with Gasteiger partial charge in [-0.3, -0.25) is 0 Å². The lowest BCUT2D eigenvalue weighted by Gasteiger charge is -2.19. The van der Waals surface area contributed by atoms with Crippen LogP contribution in [0, 0.1) is 0 Å². The number of ether oxygens (including phenoxy) is 6. The molecule has 0 aliphatic heterocycles. The fraction of sp³-hybridized carbons (Fsp3) is 0.700. The third-order valence-corrected chi connectivity index (χ3v) is 15.5. The van der Waals surface area contributed by atoms with Crippen LogP contribution in [0.1, 0.15) is 289 Å². The molecule has 4 aromatic rings. The Bertz CT molecular complexity index is 1970. The first kappa shape index (κ1) is 68.7. The molecule has 0 aliphatic rings. The molecule has 0 saturated carbocycles. The van der Waals surface area contributed by atoms with E-state index in [0.717, 1.165) is 67.9 Å². The molecule has 81 heavy (non-hydrogen) atoms. The quantitative estimate of drug-likeness (QED) is 0.0322. The van der Waals surface area contributed by atoms with Crippen molar-refractivity contribution in [3.63, 3.8) is 0 Å². The minimum absolute atomic E-state index is 0.0248. The molecule has 0 bridgehead atoms. The third-order valence-electron chi connectivity index (χ3n) is 15.5. The van der Waals surface area contributed by atoms with Crippen LogP contribution in [0.4, 0.5) is 11.4 Å². The second-order valence-corrected chi connectivity index (χ2v) is 23.0. The van der Waals surface area contributed by atoms with Gasteiger partial charge in [0.1, 0.15) is 29.6 Å². The first-order valence-electron chi connectivity index (χ1n) is 33.4. The molecule has 1 heterocycles. The van der Waals surface area contributed by atoms with Crippen molar-refractivity contribution in [2.24, 2.45) is 0 Å². The monoisotopic (exact) mass is 1120 g/mol. The molecule has 0 spiro atoms. The van der Waals surface area contributed by atoms with Crippen molar-refractivity contribution in [2.45, 2.75) is 291 Å². The van der Waals surface area contributed by atoms with Crippen LogP contribution in [0.2, 0.25) is 0 Å². The zero-order valence-electron chi connectivity index (χ0n) is 51.7. The maximum Gasteiger partial charge on any atom is 0.331 e. The fourth-order valence-electron chi connectivity index (χ4n) is 10.4. The number of nitrogens with two attached hydrogens (primary N) is 2. The van der Waals surface area contributed by atoms with Crippen LogP contribution in [0.3, 0.4) is 0 Å². The van der Waals surface area contributed by atoms with Crippen molar-refractivity contribution in [2.75, 3.05) is 37.9 Å². The van der Waals surface area contributed by atoms with E-state index in [1.807, 2.05) is 0 Å². The number of anilines is 2. The molecule has 0 unspecified atom stereocenters. The zero-order valence-corrected chi connectivity index (χ0v) is 51.7. The van der Waals surface area contributed by atoms with Crippen molar-refractivity contribution in [1.82, 2.24) is 15.0 Å². The summed E-state index contributed by atoms with van der Waals surface area (Å²) in [4.78, 5) is 13.6. The molecule has 11 nitrogen and oxygen atoms in total. The molecular formula is C70H115N5O6. The minimum Gasteiger partial charge on any atom is -0.493 e. The topological polar surface area (TPSA) is 146 Å². The van der Waals surface area contributed by atoms with E-state index in [-0.39, 0.29) is 24.6 Å². The van der Waals surface area contributed by atoms with Crippen LogP contribution < -0.4 is 35.2 Å². The predicted octanol–water partition coefficient (Wildman–Crippen LogP) is 21.2. The van der Waals surface area contributed by atoms with Crippen LogP contribution in [-0.2, 0) is 17.8 Å². The number of aromatic nitrogens is 3. The number of rotatable bonds is 55. The van der Waals surface area contributed by atoms with Crippen LogP contribution in [0.5, 0.6) is 41.0 Å². The van der Waals surface area contributed by atoms with Gasteiger partial charge in [0.25, 0.3) is 0 Å². The Morgan fingerprint density at radius 3 is 0.963 bits per heavy atom. The van der Waals surface area contributed by atoms with Gasteiger partial charge < -0.3 is 39.9 Å². The Morgan fingerprint density at radius 2 is 0.617 bits per heavy atom. The summed E-state index contributed by atoms with van der Waals surface area (Å²) in [6.07, 6.45) is 52.9. The molecule has 0 atom stereocenters. The fourth-order valence-corrected chi connectivity index (χ4v) is 10.4. The Morgan fingerprint density at radius 1 is 0.321 bits per heavy atom. The normalized spacial score (nSPS) is 11.3. The second-order valence-electron chi connectivity index (χ2n) is 23.0. The van der Waals surface area contributed by atoms with Gasteiger partial charge >= 0.3 is 18.0 Å². The van der Waals surface area contributed by atoms with Crippen molar-refractivity contribution in [3.05, 3.63) is 71.8 Å². The average molecular weight is 1120 g/mol.